The molecule has 1 aliphatic rings. The first-order valence-electron chi connectivity index (χ1n) is 13.1. The molecule has 37 heavy (non-hydrogen) atoms. The number of likely N-dealkylation sites (tertiary alicyclic amines) is 1. The van der Waals surface area contributed by atoms with Crippen molar-refractivity contribution in [2.45, 2.75) is 72.5 Å². The minimum atomic E-state index is -4.64. The van der Waals surface area contributed by atoms with Crippen LogP contribution < -0.4 is 9.47 Å². The van der Waals surface area contributed by atoms with E-state index in [-0.39, 0.29) is 0 Å². The van der Waals surface area contributed by atoms with Crippen LogP contribution in [-0.2, 0) is 17.8 Å². The van der Waals surface area contributed by atoms with Gasteiger partial charge in [-0.2, -0.15) is 13.2 Å². The summed E-state index contributed by atoms with van der Waals surface area (Å²) in [6.45, 7) is 11.0. The zero-order chi connectivity index (χ0) is 27.8. The maximum atomic E-state index is 10.8. The highest BCUT2D eigenvalue weighted by molar-refractivity contribution is 5.81. The van der Waals surface area contributed by atoms with E-state index in [1.54, 1.807) is 14.2 Å². The molecule has 0 N–H and O–H groups in total. The SMILES string of the molecule is CC(=O)C(F)(F)F.CCCCC1CCN(Cc2ccccc2)CC1C.CCc1ccc(OC)cc1OC. The third kappa shape index (κ3) is 12.5. The number of rotatable bonds is 8. The number of methoxy groups -OCH3 is 2. The van der Waals surface area contributed by atoms with Gasteiger partial charge >= 0.3 is 6.18 Å². The molecule has 7 heteroatoms. The topological polar surface area (TPSA) is 38.8 Å². The molecule has 0 bridgehead atoms. The summed E-state index contributed by atoms with van der Waals surface area (Å²) >= 11 is 0. The number of aryl methyl sites for hydroxylation is 1. The quantitative estimate of drug-likeness (QED) is 0.355. The van der Waals surface area contributed by atoms with E-state index >= 15 is 0 Å². The Hall–Kier alpha value is -2.54. The predicted molar refractivity (Wildman–Crippen MR) is 144 cm³/mol. The molecule has 3 rings (SSSR count). The highest BCUT2D eigenvalue weighted by atomic mass is 19.4. The van der Waals surface area contributed by atoms with Crippen molar-refractivity contribution in [1.82, 2.24) is 4.90 Å². The highest BCUT2D eigenvalue weighted by Crippen LogP contribution is 2.28. The average molecular weight is 524 g/mol. The molecule has 0 saturated carbocycles. The van der Waals surface area contributed by atoms with Crippen LogP contribution in [0.2, 0.25) is 0 Å². The second-order valence-corrected chi connectivity index (χ2v) is 9.47. The van der Waals surface area contributed by atoms with Crippen molar-refractivity contribution in [1.29, 1.82) is 0 Å². The van der Waals surface area contributed by atoms with Crippen LogP contribution in [0, 0.1) is 11.8 Å². The van der Waals surface area contributed by atoms with Gasteiger partial charge < -0.3 is 9.47 Å². The van der Waals surface area contributed by atoms with Crippen molar-refractivity contribution in [3.05, 3.63) is 59.7 Å². The number of hydrogen-bond acceptors (Lipinski definition) is 4. The third-order valence-electron chi connectivity index (χ3n) is 6.62. The van der Waals surface area contributed by atoms with E-state index in [4.69, 9.17) is 9.47 Å². The first-order valence-corrected chi connectivity index (χ1v) is 13.1. The van der Waals surface area contributed by atoms with Crippen LogP contribution in [0.1, 0.15) is 64.5 Å². The molecule has 0 aromatic heterocycles. The molecule has 208 valence electrons. The minimum absolute atomic E-state index is 0.486. The van der Waals surface area contributed by atoms with Crippen LogP contribution in [-0.4, -0.2) is 44.2 Å². The van der Waals surface area contributed by atoms with Crippen LogP contribution >= 0.6 is 0 Å². The number of ketones is 1. The first kappa shape index (κ1) is 32.5. The smallest absolute Gasteiger partial charge is 0.449 e. The van der Waals surface area contributed by atoms with Gasteiger partial charge in [0.2, 0.25) is 5.78 Å². The molecular formula is C30H44F3NO3. The summed E-state index contributed by atoms with van der Waals surface area (Å²) in [5, 5.41) is 0. The number of ether oxygens (including phenoxy) is 2. The van der Waals surface area contributed by atoms with Gasteiger partial charge in [0.1, 0.15) is 11.5 Å². The number of carbonyl (C=O) groups is 1. The number of benzene rings is 2. The molecule has 1 fully saturated rings. The summed E-state index contributed by atoms with van der Waals surface area (Å²) < 4.78 is 42.8. The first-order chi connectivity index (χ1) is 17.5. The van der Waals surface area contributed by atoms with Gasteiger partial charge in [-0.05, 0) is 48.4 Å². The predicted octanol–water partition coefficient (Wildman–Crippen LogP) is 7.74. The van der Waals surface area contributed by atoms with Crippen molar-refractivity contribution < 1.29 is 27.4 Å². The maximum Gasteiger partial charge on any atom is 0.449 e. The van der Waals surface area contributed by atoms with Crippen LogP contribution in [0.25, 0.3) is 0 Å². The fraction of sp³-hybridized carbons (Fsp3) is 0.567. The van der Waals surface area contributed by atoms with Crippen molar-refractivity contribution in [3.8, 4) is 11.5 Å². The lowest BCUT2D eigenvalue weighted by molar-refractivity contribution is -0.168. The average Bonchev–Trinajstić information content (AvgIpc) is 2.88. The van der Waals surface area contributed by atoms with Crippen molar-refractivity contribution in [2.75, 3.05) is 27.3 Å². The van der Waals surface area contributed by atoms with Gasteiger partial charge in [0.15, 0.2) is 0 Å². The minimum Gasteiger partial charge on any atom is -0.497 e. The Labute approximate surface area is 221 Å². The van der Waals surface area contributed by atoms with E-state index in [0.717, 1.165) is 36.3 Å². The number of alkyl halides is 3. The monoisotopic (exact) mass is 523 g/mol. The molecule has 0 amide bonds. The fourth-order valence-corrected chi connectivity index (χ4v) is 4.30. The Morgan fingerprint density at radius 2 is 1.70 bits per heavy atom. The van der Waals surface area contributed by atoms with Gasteiger partial charge in [-0.25, -0.2) is 0 Å². The lowest BCUT2D eigenvalue weighted by Crippen LogP contribution is -2.38. The lowest BCUT2D eigenvalue weighted by Gasteiger charge is -2.37. The number of hydrogen-bond donors (Lipinski definition) is 0. The second kappa shape index (κ2) is 17.1. The molecule has 0 spiro atoms. The Bertz CT molecular complexity index is 903. The number of Topliss-reactive ketones (excluding diaryl/α,β-unsaturated/α-hetero) is 1. The normalized spacial score (nSPS) is 17.5. The molecule has 2 aromatic carbocycles. The molecule has 2 aromatic rings. The Kier molecular flexibility index (Phi) is 15.0. The van der Waals surface area contributed by atoms with Crippen molar-refractivity contribution >= 4 is 5.78 Å². The number of carbonyl (C=O) groups excluding carboxylic acids is 1. The number of nitrogens with zero attached hydrogens (tertiary/aromatic N) is 1. The van der Waals surface area contributed by atoms with Gasteiger partial charge in [0.05, 0.1) is 14.2 Å². The molecule has 4 nitrogen and oxygen atoms in total. The summed E-state index contributed by atoms with van der Waals surface area (Å²) in [4.78, 5) is 12.0. The largest absolute Gasteiger partial charge is 0.497 e. The van der Waals surface area contributed by atoms with E-state index in [2.05, 4.69) is 56.0 Å². The van der Waals surface area contributed by atoms with E-state index in [9.17, 15) is 18.0 Å². The van der Waals surface area contributed by atoms with E-state index < -0.39 is 12.0 Å². The summed E-state index contributed by atoms with van der Waals surface area (Å²) in [6.07, 6.45) is 1.93. The van der Waals surface area contributed by atoms with E-state index in [1.807, 2.05) is 18.2 Å². The Balaban J connectivity index is 0.000000311. The molecule has 1 aliphatic heterocycles. The summed E-state index contributed by atoms with van der Waals surface area (Å²) in [5.74, 6) is 1.82. The molecule has 1 saturated heterocycles. The standard InChI is InChI=1S/C17H27N.C10H14O2.C3H3F3O/c1-3-4-10-17-11-12-18(13-15(17)2)14-16-8-6-5-7-9-16;1-4-8-5-6-9(11-2)7-10(8)12-3;1-2(7)3(4,5)6/h5-9,15,17H,3-4,10-14H2,1-2H3;5-7H,4H2,1-3H3;1H3. The summed E-state index contributed by atoms with van der Waals surface area (Å²) in [5.41, 5.74) is 2.66. The Morgan fingerprint density at radius 3 is 2.19 bits per heavy atom. The van der Waals surface area contributed by atoms with Crippen LogP contribution in [0.4, 0.5) is 13.2 Å². The summed E-state index contributed by atoms with van der Waals surface area (Å²) in [7, 11) is 3.33. The molecule has 2 atom stereocenters. The van der Waals surface area contributed by atoms with Crippen LogP contribution in [0.5, 0.6) is 11.5 Å². The second-order valence-electron chi connectivity index (χ2n) is 9.47. The molecular weight excluding hydrogens is 479 g/mol. The number of piperidine rings is 1. The molecule has 0 radical (unpaired) electrons. The molecule has 0 aliphatic carbocycles. The van der Waals surface area contributed by atoms with Crippen LogP contribution in [0.15, 0.2) is 48.5 Å². The summed E-state index contributed by atoms with van der Waals surface area (Å²) in [6, 6.07) is 16.8. The van der Waals surface area contributed by atoms with Crippen molar-refractivity contribution in [3.63, 3.8) is 0 Å². The Morgan fingerprint density at radius 1 is 1.05 bits per heavy atom. The lowest BCUT2D eigenvalue weighted by atomic mass is 9.83. The van der Waals surface area contributed by atoms with Gasteiger partial charge in [-0.3, -0.25) is 9.69 Å². The fourth-order valence-electron chi connectivity index (χ4n) is 4.30. The molecule has 2 unspecified atom stereocenters. The van der Waals surface area contributed by atoms with Gasteiger partial charge in [-0.1, -0.05) is 76.4 Å². The molecule has 1 heterocycles. The van der Waals surface area contributed by atoms with Crippen molar-refractivity contribution in [2.24, 2.45) is 11.8 Å². The maximum absolute atomic E-state index is 10.8. The van der Waals surface area contributed by atoms with Gasteiger partial charge in [-0.15, -0.1) is 0 Å². The van der Waals surface area contributed by atoms with Gasteiger partial charge in [0, 0.05) is 26.1 Å². The zero-order valence-corrected chi connectivity index (χ0v) is 23.2. The number of unbranched alkanes of at least 4 members (excludes halogenated alkanes) is 1. The van der Waals surface area contributed by atoms with E-state index in [1.165, 1.54) is 49.9 Å². The highest BCUT2D eigenvalue weighted by Gasteiger charge is 2.33. The zero-order valence-electron chi connectivity index (χ0n) is 23.2. The van der Waals surface area contributed by atoms with Crippen LogP contribution in [0.3, 0.4) is 0 Å². The third-order valence-corrected chi connectivity index (χ3v) is 6.62. The van der Waals surface area contributed by atoms with Gasteiger partial charge in [0.25, 0.3) is 0 Å². The van der Waals surface area contributed by atoms with E-state index in [0.29, 0.717) is 6.92 Å². The number of halogens is 3.